The second-order valence-corrected chi connectivity index (χ2v) is 4.85. The van der Waals surface area contributed by atoms with Crippen LogP contribution < -0.4 is 5.32 Å². The Morgan fingerprint density at radius 1 is 1.40 bits per heavy atom. The number of nitrogens with one attached hydrogen (secondary N) is 1. The van der Waals surface area contributed by atoms with Crippen LogP contribution in [0.3, 0.4) is 0 Å². The normalized spacial score (nSPS) is 23.7. The highest BCUT2D eigenvalue weighted by Gasteiger charge is 2.19. The monoisotopic (exact) mass is 223 g/mol. The topological polar surface area (TPSA) is 38.3 Å². The first-order chi connectivity index (χ1) is 7.07. The first-order valence-corrected chi connectivity index (χ1v) is 5.70. The Labute approximate surface area is 93.5 Å². The SMILES string of the molecule is CC1(C)C=CC2=C(C=C1)OSCC(=O)N2. The van der Waals surface area contributed by atoms with Crippen LogP contribution in [0.4, 0.5) is 0 Å². The fraction of sp³-hybridized carbons (Fsp3) is 0.364. The van der Waals surface area contributed by atoms with Gasteiger partial charge < -0.3 is 9.50 Å². The Bertz CT molecular complexity index is 380. The van der Waals surface area contributed by atoms with Crippen molar-refractivity contribution in [3.8, 4) is 0 Å². The van der Waals surface area contributed by atoms with Gasteiger partial charge >= 0.3 is 0 Å². The van der Waals surface area contributed by atoms with Gasteiger partial charge in [0.05, 0.1) is 17.7 Å². The van der Waals surface area contributed by atoms with Crippen LogP contribution >= 0.6 is 12.0 Å². The van der Waals surface area contributed by atoms with Gasteiger partial charge in [0.15, 0.2) is 5.76 Å². The van der Waals surface area contributed by atoms with E-state index < -0.39 is 0 Å². The molecule has 0 atom stereocenters. The second-order valence-electron chi connectivity index (χ2n) is 4.16. The van der Waals surface area contributed by atoms with Gasteiger partial charge in [-0.15, -0.1) is 0 Å². The highest BCUT2D eigenvalue weighted by molar-refractivity contribution is 7.95. The summed E-state index contributed by atoms with van der Waals surface area (Å²) in [6.07, 6.45) is 7.92. The first kappa shape index (κ1) is 10.4. The Kier molecular flexibility index (Phi) is 2.61. The molecule has 0 saturated carbocycles. The van der Waals surface area contributed by atoms with Crippen molar-refractivity contribution < 1.29 is 8.98 Å². The fourth-order valence-electron chi connectivity index (χ4n) is 1.32. The molecule has 1 N–H and O–H groups in total. The maximum Gasteiger partial charge on any atom is 0.237 e. The highest BCUT2D eigenvalue weighted by Crippen LogP contribution is 2.28. The van der Waals surface area contributed by atoms with Crippen molar-refractivity contribution in [1.29, 1.82) is 0 Å². The molecule has 1 amide bonds. The van der Waals surface area contributed by atoms with E-state index in [1.807, 2.05) is 18.2 Å². The van der Waals surface area contributed by atoms with Crippen LogP contribution in [-0.4, -0.2) is 11.7 Å². The van der Waals surface area contributed by atoms with E-state index in [-0.39, 0.29) is 11.3 Å². The number of hydrogen-bond acceptors (Lipinski definition) is 3. The standard InChI is InChI=1S/C11H13NO2S/c1-11(2)5-3-8-9(4-6-11)14-15-7-10(13)12-8/h3-6H,7H2,1-2H3,(H,12,13). The third-order valence-corrected chi connectivity index (χ3v) is 2.90. The van der Waals surface area contributed by atoms with Crippen molar-refractivity contribution >= 4 is 17.9 Å². The van der Waals surface area contributed by atoms with Gasteiger partial charge in [0.1, 0.15) is 5.75 Å². The molecular weight excluding hydrogens is 210 g/mol. The van der Waals surface area contributed by atoms with Gasteiger partial charge in [0, 0.05) is 5.41 Å². The van der Waals surface area contributed by atoms with E-state index in [0.29, 0.717) is 11.5 Å². The second kappa shape index (κ2) is 3.77. The van der Waals surface area contributed by atoms with Gasteiger partial charge in [0.25, 0.3) is 0 Å². The van der Waals surface area contributed by atoms with Crippen molar-refractivity contribution in [2.45, 2.75) is 13.8 Å². The summed E-state index contributed by atoms with van der Waals surface area (Å²) in [5, 5.41) is 2.82. The Morgan fingerprint density at radius 3 is 2.93 bits per heavy atom. The molecule has 0 fully saturated rings. The molecule has 0 aromatic rings. The minimum absolute atomic E-state index is 0.00898. The zero-order valence-corrected chi connectivity index (χ0v) is 9.56. The molecule has 0 saturated heterocycles. The molecule has 1 heterocycles. The molecule has 0 bridgehead atoms. The van der Waals surface area contributed by atoms with Crippen LogP contribution in [0.5, 0.6) is 0 Å². The molecule has 80 valence electrons. The lowest BCUT2D eigenvalue weighted by Crippen LogP contribution is -2.22. The van der Waals surface area contributed by atoms with Crippen LogP contribution in [0.2, 0.25) is 0 Å². The van der Waals surface area contributed by atoms with Crippen LogP contribution in [-0.2, 0) is 8.98 Å². The van der Waals surface area contributed by atoms with Gasteiger partial charge in [0.2, 0.25) is 5.91 Å². The molecule has 0 aromatic heterocycles. The summed E-state index contributed by atoms with van der Waals surface area (Å²) in [5.74, 6) is 1.02. The van der Waals surface area contributed by atoms with Gasteiger partial charge in [-0.2, -0.15) is 0 Å². The van der Waals surface area contributed by atoms with Gasteiger partial charge in [-0.1, -0.05) is 26.0 Å². The van der Waals surface area contributed by atoms with Crippen molar-refractivity contribution in [1.82, 2.24) is 5.32 Å². The summed E-state index contributed by atoms with van der Waals surface area (Å²) in [4.78, 5) is 11.3. The predicted octanol–water partition coefficient (Wildman–Crippen LogP) is 2.14. The van der Waals surface area contributed by atoms with Crippen molar-refractivity contribution in [3.63, 3.8) is 0 Å². The molecule has 1 aliphatic carbocycles. The summed E-state index contributed by atoms with van der Waals surface area (Å²) in [6, 6.07) is 0. The molecule has 0 radical (unpaired) electrons. The molecule has 15 heavy (non-hydrogen) atoms. The molecular formula is C11H13NO2S. The number of hydrogen-bond donors (Lipinski definition) is 1. The zero-order valence-electron chi connectivity index (χ0n) is 8.74. The van der Waals surface area contributed by atoms with Crippen molar-refractivity contribution in [3.05, 3.63) is 35.8 Å². The summed E-state index contributed by atoms with van der Waals surface area (Å²) in [7, 11) is 0. The van der Waals surface area contributed by atoms with Crippen LogP contribution in [0.25, 0.3) is 0 Å². The van der Waals surface area contributed by atoms with E-state index in [2.05, 4.69) is 25.2 Å². The van der Waals surface area contributed by atoms with Gasteiger partial charge in [-0.25, -0.2) is 0 Å². The van der Waals surface area contributed by atoms with Gasteiger partial charge in [-0.05, 0) is 12.2 Å². The van der Waals surface area contributed by atoms with Crippen molar-refractivity contribution in [2.24, 2.45) is 5.41 Å². The van der Waals surface area contributed by atoms with E-state index in [0.717, 1.165) is 17.7 Å². The molecule has 1 aliphatic heterocycles. The number of allylic oxidation sites excluding steroid dienone is 4. The molecule has 0 unspecified atom stereocenters. The van der Waals surface area contributed by atoms with Crippen molar-refractivity contribution in [2.75, 3.05) is 5.75 Å². The Morgan fingerprint density at radius 2 is 2.13 bits per heavy atom. The molecule has 4 heteroatoms. The average Bonchev–Trinajstić information content (AvgIpc) is 2.40. The number of carbonyl (C=O) groups excluding carboxylic acids is 1. The number of amides is 1. The predicted molar refractivity (Wildman–Crippen MR) is 60.8 cm³/mol. The van der Waals surface area contributed by atoms with Crippen LogP contribution in [0, 0.1) is 5.41 Å². The Hall–Kier alpha value is -1.16. The summed E-state index contributed by atoms with van der Waals surface area (Å²) in [5.41, 5.74) is 0.733. The number of carbonyl (C=O) groups is 1. The van der Waals surface area contributed by atoms with Crippen LogP contribution in [0.15, 0.2) is 35.8 Å². The quantitative estimate of drug-likeness (QED) is 0.639. The molecule has 2 rings (SSSR count). The lowest BCUT2D eigenvalue weighted by atomic mass is 9.93. The summed E-state index contributed by atoms with van der Waals surface area (Å²) < 4.78 is 5.43. The molecule has 0 spiro atoms. The average molecular weight is 223 g/mol. The van der Waals surface area contributed by atoms with E-state index in [1.165, 1.54) is 0 Å². The van der Waals surface area contributed by atoms with Crippen LogP contribution in [0.1, 0.15) is 13.8 Å². The van der Waals surface area contributed by atoms with E-state index >= 15 is 0 Å². The Balaban J connectivity index is 2.33. The molecule has 2 aliphatic rings. The smallest absolute Gasteiger partial charge is 0.237 e. The van der Waals surface area contributed by atoms with Gasteiger partial charge in [-0.3, -0.25) is 4.79 Å². The van der Waals surface area contributed by atoms with E-state index in [4.69, 9.17) is 4.18 Å². The van der Waals surface area contributed by atoms with E-state index in [1.54, 1.807) is 0 Å². The minimum Gasteiger partial charge on any atom is -0.423 e. The fourth-order valence-corrected chi connectivity index (χ4v) is 1.84. The minimum atomic E-state index is -0.0252. The summed E-state index contributed by atoms with van der Waals surface area (Å²) in [6.45, 7) is 4.20. The lowest BCUT2D eigenvalue weighted by Gasteiger charge is -2.12. The largest absolute Gasteiger partial charge is 0.423 e. The lowest BCUT2D eigenvalue weighted by molar-refractivity contribution is -0.117. The zero-order chi connectivity index (χ0) is 10.9. The molecule has 0 aromatic carbocycles. The third kappa shape index (κ3) is 2.45. The first-order valence-electron chi connectivity index (χ1n) is 4.79. The maximum absolute atomic E-state index is 11.3. The molecule has 3 nitrogen and oxygen atoms in total. The highest BCUT2D eigenvalue weighted by atomic mass is 32.2. The third-order valence-electron chi connectivity index (χ3n) is 2.22. The van der Waals surface area contributed by atoms with E-state index in [9.17, 15) is 4.79 Å². The summed E-state index contributed by atoms with van der Waals surface area (Å²) >= 11 is 1.16. The number of rotatable bonds is 0. The maximum atomic E-state index is 11.3.